The van der Waals surface area contributed by atoms with Crippen LogP contribution in [0.15, 0.2) is 24.3 Å². The van der Waals surface area contributed by atoms with E-state index in [-0.39, 0.29) is 0 Å². The van der Waals surface area contributed by atoms with E-state index in [1.54, 1.807) is 0 Å². The molecule has 0 unspecified atom stereocenters. The van der Waals surface area contributed by atoms with Gasteiger partial charge in [-0.15, -0.1) is 0 Å². The number of nitrogens with one attached hydrogen (secondary N) is 1. The molecule has 1 aromatic carbocycles. The maximum absolute atomic E-state index is 3.44. The second-order valence-electron chi connectivity index (χ2n) is 5.25. The summed E-state index contributed by atoms with van der Waals surface area (Å²) in [5, 5.41) is 3.44. The third-order valence-electron chi connectivity index (χ3n) is 3.63. The molecule has 2 nitrogen and oxygen atoms in total. The fourth-order valence-corrected chi connectivity index (χ4v) is 2.48. The summed E-state index contributed by atoms with van der Waals surface area (Å²) in [7, 11) is 0. The van der Waals surface area contributed by atoms with Crippen LogP contribution in [0.3, 0.4) is 0 Å². The monoisotopic (exact) mass is 246 g/mol. The van der Waals surface area contributed by atoms with Crippen molar-refractivity contribution in [2.75, 3.05) is 13.1 Å². The van der Waals surface area contributed by atoms with E-state index < -0.39 is 0 Å². The van der Waals surface area contributed by atoms with Crippen LogP contribution in [-0.2, 0) is 13.1 Å². The van der Waals surface area contributed by atoms with Crippen LogP contribution in [0.2, 0.25) is 0 Å². The maximum atomic E-state index is 3.44. The highest BCUT2D eigenvalue weighted by atomic mass is 15.2. The second kappa shape index (κ2) is 6.91. The van der Waals surface area contributed by atoms with Crippen molar-refractivity contribution in [1.29, 1.82) is 0 Å². The van der Waals surface area contributed by atoms with Crippen molar-refractivity contribution in [3.8, 4) is 0 Å². The first-order valence-electron chi connectivity index (χ1n) is 7.36. The largest absolute Gasteiger partial charge is 0.313 e. The predicted octanol–water partition coefficient (Wildman–Crippen LogP) is 3.17. The summed E-state index contributed by atoms with van der Waals surface area (Å²) in [5.74, 6) is 0. The Bertz CT molecular complexity index is 358. The minimum Gasteiger partial charge on any atom is -0.313 e. The van der Waals surface area contributed by atoms with Gasteiger partial charge in [0.05, 0.1) is 0 Å². The van der Waals surface area contributed by atoms with Crippen LogP contribution in [0.25, 0.3) is 0 Å². The Morgan fingerprint density at radius 2 is 1.89 bits per heavy atom. The molecule has 1 aliphatic carbocycles. The molecule has 2 rings (SSSR count). The summed E-state index contributed by atoms with van der Waals surface area (Å²) < 4.78 is 0. The van der Waals surface area contributed by atoms with Gasteiger partial charge in [-0.25, -0.2) is 0 Å². The van der Waals surface area contributed by atoms with Gasteiger partial charge >= 0.3 is 0 Å². The van der Waals surface area contributed by atoms with Crippen LogP contribution in [0, 0.1) is 0 Å². The lowest BCUT2D eigenvalue weighted by Gasteiger charge is -2.23. The minimum absolute atomic E-state index is 0.858. The number of hydrogen-bond acceptors (Lipinski definition) is 2. The van der Waals surface area contributed by atoms with Gasteiger partial charge in [-0.2, -0.15) is 0 Å². The van der Waals surface area contributed by atoms with Crippen LogP contribution in [0.5, 0.6) is 0 Å². The molecule has 1 saturated carbocycles. The van der Waals surface area contributed by atoms with Crippen molar-refractivity contribution in [2.45, 2.75) is 52.2 Å². The summed E-state index contributed by atoms with van der Waals surface area (Å²) in [5.41, 5.74) is 2.96. The first-order chi connectivity index (χ1) is 8.85. The zero-order chi connectivity index (χ0) is 12.8. The van der Waals surface area contributed by atoms with E-state index in [1.807, 2.05) is 0 Å². The molecule has 1 aliphatic rings. The van der Waals surface area contributed by atoms with E-state index in [0.717, 1.165) is 25.7 Å². The van der Waals surface area contributed by atoms with Crippen LogP contribution in [-0.4, -0.2) is 24.0 Å². The topological polar surface area (TPSA) is 15.3 Å². The molecule has 0 bridgehead atoms. The molecule has 1 N–H and O–H groups in total. The van der Waals surface area contributed by atoms with Crippen molar-refractivity contribution in [1.82, 2.24) is 10.2 Å². The first kappa shape index (κ1) is 13.6. The summed E-state index contributed by atoms with van der Waals surface area (Å²) in [6.45, 7) is 8.84. The summed E-state index contributed by atoms with van der Waals surface area (Å²) in [6, 6.07) is 9.73. The molecule has 1 fully saturated rings. The minimum atomic E-state index is 0.858. The number of hydrogen-bond donors (Lipinski definition) is 1. The molecule has 0 heterocycles. The van der Waals surface area contributed by atoms with Crippen LogP contribution < -0.4 is 5.32 Å². The van der Waals surface area contributed by atoms with Gasteiger partial charge in [-0.05, 0) is 43.5 Å². The van der Waals surface area contributed by atoms with Gasteiger partial charge in [0.1, 0.15) is 0 Å². The highest BCUT2D eigenvalue weighted by Gasteiger charge is 2.28. The number of benzene rings is 1. The Morgan fingerprint density at radius 1 is 1.17 bits per heavy atom. The lowest BCUT2D eigenvalue weighted by molar-refractivity contribution is 0.254. The molecule has 1 aromatic rings. The van der Waals surface area contributed by atoms with Crippen LogP contribution in [0.4, 0.5) is 0 Å². The fourth-order valence-electron chi connectivity index (χ4n) is 2.48. The Morgan fingerprint density at radius 3 is 2.50 bits per heavy atom. The van der Waals surface area contributed by atoms with Crippen molar-refractivity contribution in [3.63, 3.8) is 0 Å². The van der Waals surface area contributed by atoms with Crippen molar-refractivity contribution < 1.29 is 0 Å². The Kier molecular flexibility index (Phi) is 5.21. The SMILES string of the molecule is CCCN(Cc1ccccc1CNCC)C1CC1. The molecule has 0 aromatic heterocycles. The highest BCUT2D eigenvalue weighted by molar-refractivity contribution is 5.27. The smallest absolute Gasteiger partial charge is 0.0239 e. The van der Waals surface area contributed by atoms with E-state index in [2.05, 4.69) is 48.3 Å². The van der Waals surface area contributed by atoms with Gasteiger partial charge < -0.3 is 5.32 Å². The van der Waals surface area contributed by atoms with E-state index in [0.29, 0.717) is 0 Å². The highest BCUT2D eigenvalue weighted by Crippen LogP contribution is 2.28. The molecule has 18 heavy (non-hydrogen) atoms. The molecule has 0 amide bonds. The molecular weight excluding hydrogens is 220 g/mol. The van der Waals surface area contributed by atoms with E-state index >= 15 is 0 Å². The number of nitrogens with zero attached hydrogens (tertiary/aromatic N) is 1. The third kappa shape index (κ3) is 3.82. The van der Waals surface area contributed by atoms with Crippen molar-refractivity contribution in [3.05, 3.63) is 35.4 Å². The van der Waals surface area contributed by atoms with Crippen molar-refractivity contribution >= 4 is 0 Å². The second-order valence-corrected chi connectivity index (χ2v) is 5.25. The molecule has 0 atom stereocenters. The molecule has 0 aliphatic heterocycles. The summed E-state index contributed by atoms with van der Waals surface area (Å²) in [6.07, 6.45) is 4.05. The van der Waals surface area contributed by atoms with E-state index in [9.17, 15) is 0 Å². The Labute approximate surface area is 111 Å². The molecule has 0 radical (unpaired) electrons. The first-order valence-corrected chi connectivity index (χ1v) is 7.36. The number of rotatable bonds is 8. The normalized spacial score (nSPS) is 15.3. The van der Waals surface area contributed by atoms with Gasteiger partial charge in [-0.3, -0.25) is 4.90 Å². The lowest BCUT2D eigenvalue weighted by atomic mass is 10.1. The standard InChI is InChI=1S/C16H26N2/c1-3-11-18(16-9-10-16)13-15-8-6-5-7-14(15)12-17-4-2/h5-8,16-17H,3-4,9-13H2,1-2H3. The van der Waals surface area contributed by atoms with E-state index in [4.69, 9.17) is 0 Å². The fraction of sp³-hybridized carbons (Fsp3) is 0.625. The van der Waals surface area contributed by atoms with Gasteiger partial charge in [0, 0.05) is 19.1 Å². The van der Waals surface area contributed by atoms with Crippen molar-refractivity contribution in [2.24, 2.45) is 0 Å². The zero-order valence-corrected chi connectivity index (χ0v) is 11.8. The molecule has 0 spiro atoms. The van der Waals surface area contributed by atoms with Gasteiger partial charge in [0.25, 0.3) is 0 Å². The summed E-state index contributed by atoms with van der Waals surface area (Å²) >= 11 is 0. The Balaban J connectivity index is 2.01. The van der Waals surface area contributed by atoms with Crippen LogP contribution >= 0.6 is 0 Å². The van der Waals surface area contributed by atoms with Gasteiger partial charge in [0.15, 0.2) is 0 Å². The average molecular weight is 246 g/mol. The maximum Gasteiger partial charge on any atom is 0.0239 e. The average Bonchev–Trinajstić information content (AvgIpc) is 3.21. The zero-order valence-electron chi connectivity index (χ0n) is 11.8. The van der Waals surface area contributed by atoms with E-state index in [1.165, 1.54) is 36.9 Å². The predicted molar refractivity (Wildman–Crippen MR) is 77.5 cm³/mol. The molecule has 0 saturated heterocycles. The third-order valence-corrected chi connectivity index (χ3v) is 3.63. The van der Waals surface area contributed by atoms with Gasteiger partial charge in [0.2, 0.25) is 0 Å². The molecule has 100 valence electrons. The molecular formula is C16H26N2. The van der Waals surface area contributed by atoms with Gasteiger partial charge in [-0.1, -0.05) is 38.1 Å². The lowest BCUT2D eigenvalue weighted by Crippen LogP contribution is -2.27. The quantitative estimate of drug-likeness (QED) is 0.758. The summed E-state index contributed by atoms with van der Waals surface area (Å²) in [4.78, 5) is 2.66. The molecule has 2 heteroatoms. The Hall–Kier alpha value is -0.860. The van der Waals surface area contributed by atoms with Crippen LogP contribution in [0.1, 0.15) is 44.2 Å².